The van der Waals surface area contributed by atoms with Gasteiger partial charge in [0.1, 0.15) is 5.82 Å². The zero-order valence-electron chi connectivity index (χ0n) is 10.1. The maximum Gasteiger partial charge on any atom is 0.356 e. The maximum absolute atomic E-state index is 13.6. The van der Waals surface area contributed by atoms with Gasteiger partial charge in [0.15, 0.2) is 5.69 Å². The van der Waals surface area contributed by atoms with Crippen LogP contribution in [0.3, 0.4) is 0 Å². The summed E-state index contributed by atoms with van der Waals surface area (Å²) in [6, 6.07) is 7.68. The highest BCUT2D eigenvalue weighted by molar-refractivity contribution is 5.84. The highest BCUT2D eigenvalue weighted by Gasteiger charge is 2.10. The number of nitrogens with zero attached hydrogens (tertiary/aromatic N) is 3. The number of nitriles is 1. The van der Waals surface area contributed by atoms with Crippen molar-refractivity contribution < 1.29 is 14.3 Å². The van der Waals surface area contributed by atoms with E-state index in [0.29, 0.717) is 0 Å². The zero-order valence-corrected chi connectivity index (χ0v) is 10.1. The number of benzene rings is 1. The van der Waals surface area contributed by atoms with E-state index in [-0.39, 0.29) is 23.4 Å². The third-order valence-corrected chi connectivity index (χ3v) is 2.58. The Kier molecular flexibility index (Phi) is 3.57. The fourth-order valence-corrected chi connectivity index (χ4v) is 1.60. The van der Waals surface area contributed by atoms with E-state index in [1.165, 1.54) is 12.1 Å². The Hall–Kier alpha value is -3.01. The summed E-state index contributed by atoms with van der Waals surface area (Å²) in [5, 5.41) is 21.2. The van der Waals surface area contributed by atoms with Gasteiger partial charge in [0.05, 0.1) is 18.2 Å². The molecule has 0 aliphatic carbocycles. The maximum atomic E-state index is 13.6. The normalized spacial score (nSPS) is 10.0. The van der Waals surface area contributed by atoms with Gasteiger partial charge in [-0.1, -0.05) is 0 Å². The van der Waals surface area contributed by atoms with Crippen LogP contribution in [0.15, 0.2) is 35.1 Å². The molecule has 0 saturated heterocycles. The number of halogens is 1. The van der Waals surface area contributed by atoms with Crippen LogP contribution >= 0.6 is 0 Å². The molecule has 1 aromatic carbocycles. The fourth-order valence-electron chi connectivity index (χ4n) is 1.60. The number of aromatic nitrogens is 2. The Labute approximate surface area is 112 Å². The summed E-state index contributed by atoms with van der Waals surface area (Å²) >= 11 is 0. The number of carboxylic acids is 1. The summed E-state index contributed by atoms with van der Waals surface area (Å²) in [6.45, 7) is -0.249. The lowest BCUT2D eigenvalue weighted by atomic mass is 10.1. The molecular formula is C13H8FN3O3. The van der Waals surface area contributed by atoms with Gasteiger partial charge in [-0.15, -0.1) is 0 Å². The average Bonchev–Trinajstić information content (AvgIpc) is 2.43. The molecular weight excluding hydrogens is 265 g/mol. The molecule has 0 saturated carbocycles. The van der Waals surface area contributed by atoms with Crippen LogP contribution in [0.25, 0.3) is 0 Å². The van der Waals surface area contributed by atoms with Crippen LogP contribution in [0.1, 0.15) is 21.6 Å². The average molecular weight is 273 g/mol. The second-order valence-electron chi connectivity index (χ2n) is 3.94. The molecule has 0 aliphatic rings. The second-order valence-corrected chi connectivity index (χ2v) is 3.94. The van der Waals surface area contributed by atoms with Crippen molar-refractivity contribution in [3.8, 4) is 6.07 Å². The van der Waals surface area contributed by atoms with Gasteiger partial charge in [0.2, 0.25) is 0 Å². The van der Waals surface area contributed by atoms with Gasteiger partial charge >= 0.3 is 5.97 Å². The van der Waals surface area contributed by atoms with Gasteiger partial charge in [0.25, 0.3) is 5.56 Å². The predicted molar refractivity (Wildman–Crippen MR) is 65.7 cm³/mol. The van der Waals surface area contributed by atoms with E-state index in [4.69, 9.17) is 10.4 Å². The highest BCUT2D eigenvalue weighted by atomic mass is 19.1. The van der Waals surface area contributed by atoms with Crippen molar-refractivity contribution in [2.24, 2.45) is 0 Å². The van der Waals surface area contributed by atoms with Crippen molar-refractivity contribution in [2.45, 2.75) is 6.54 Å². The van der Waals surface area contributed by atoms with Gasteiger partial charge < -0.3 is 5.11 Å². The van der Waals surface area contributed by atoms with Crippen molar-refractivity contribution in [1.82, 2.24) is 9.78 Å². The number of carboxylic acid groups (broad SMARTS) is 1. The summed E-state index contributed by atoms with van der Waals surface area (Å²) in [7, 11) is 0. The minimum absolute atomic E-state index is 0.0844. The van der Waals surface area contributed by atoms with Crippen LogP contribution in [-0.4, -0.2) is 20.9 Å². The van der Waals surface area contributed by atoms with Crippen LogP contribution in [0.4, 0.5) is 4.39 Å². The molecule has 7 heteroatoms. The summed E-state index contributed by atoms with van der Waals surface area (Å²) < 4.78 is 14.4. The number of hydrogen-bond donors (Lipinski definition) is 1. The zero-order chi connectivity index (χ0) is 14.7. The highest BCUT2D eigenvalue weighted by Crippen LogP contribution is 2.10. The molecule has 0 bridgehead atoms. The van der Waals surface area contributed by atoms with Gasteiger partial charge in [-0.05, 0) is 24.3 Å². The topological polar surface area (TPSA) is 96.0 Å². The Morgan fingerprint density at radius 3 is 2.80 bits per heavy atom. The molecule has 6 nitrogen and oxygen atoms in total. The molecule has 1 aromatic heterocycles. The lowest BCUT2D eigenvalue weighted by molar-refractivity contribution is 0.0687. The molecule has 0 spiro atoms. The molecule has 2 rings (SSSR count). The number of rotatable bonds is 3. The smallest absolute Gasteiger partial charge is 0.356 e. The van der Waals surface area contributed by atoms with Crippen LogP contribution in [0.2, 0.25) is 0 Å². The lowest BCUT2D eigenvalue weighted by Crippen LogP contribution is -2.25. The third-order valence-electron chi connectivity index (χ3n) is 2.58. The van der Waals surface area contributed by atoms with E-state index >= 15 is 0 Å². The van der Waals surface area contributed by atoms with E-state index in [9.17, 15) is 14.0 Å². The molecule has 20 heavy (non-hydrogen) atoms. The number of aromatic carboxylic acids is 1. The molecule has 2 aromatic rings. The Morgan fingerprint density at radius 2 is 2.15 bits per heavy atom. The van der Waals surface area contributed by atoms with Crippen LogP contribution in [0, 0.1) is 17.1 Å². The van der Waals surface area contributed by atoms with Crippen LogP contribution in [-0.2, 0) is 6.54 Å². The van der Waals surface area contributed by atoms with Crippen molar-refractivity contribution in [3.63, 3.8) is 0 Å². The van der Waals surface area contributed by atoms with Gasteiger partial charge in [-0.25, -0.2) is 13.9 Å². The molecule has 0 amide bonds. The van der Waals surface area contributed by atoms with Crippen molar-refractivity contribution >= 4 is 5.97 Å². The van der Waals surface area contributed by atoms with Gasteiger partial charge in [-0.3, -0.25) is 4.79 Å². The summed E-state index contributed by atoms with van der Waals surface area (Å²) in [5.41, 5.74) is -0.553. The SMILES string of the molecule is N#Cc1ccc(F)c(Cn2nc(C(=O)O)ccc2=O)c1. The molecule has 1 N–H and O–H groups in total. The molecule has 100 valence electrons. The van der Waals surface area contributed by atoms with Gasteiger partial charge in [0, 0.05) is 11.6 Å². The third kappa shape index (κ3) is 2.70. The lowest BCUT2D eigenvalue weighted by Gasteiger charge is -2.06. The summed E-state index contributed by atoms with van der Waals surface area (Å²) in [4.78, 5) is 22.4. The minimum atomic E-state index is -1.29. The monoisotopic (exact) mass is 273 g/mol. The molecule has 0 radical (unpaired) electrons. The number of carbonyl (C=O) groups is 1. The first kappa shape index (κ1) is 13.4. The first-order valence-corrected chi connectivity index (χ1v) is 5.51. The molecule has 0 aliphatic heterocycles. The van der Waals surface area contributed by atoms with Crippen molar-refractivity contribution in [1.29, 1.82) is 5.26 Å². The molecule has 1 heterocycles. The quantitative estimate of drug-likeness (QED) is 0.899. The predicted octanol–water partition coefficient (Wildman–Crippen LogP) is 1.00. The van der Waals surface area contributed by atoms with E-state index in [1.54, 1.807) is 0 Å². The Morgan fingerprint density at radius 1 is 1.40 bits per heavy atom. The molecule has 0 fully saturated rings. The Balaban J connectivity index is 2.45. The van der Waals surface area contributed by atoms with Crippen LogP contribution in [0.5, 0.6) is 0 Å². The minimum Gasteiger partial charge on any atom is -0.476 e. The van der Waals surface area contributed by atoms with Gasteiger partial charge in [-0.2, -0.15) is 10.4 Å². The van der Waals surface area contributed by atoms with E-state index < -0.39 is 17.3 Å². The Bertz CT molecular complexity index is 777. The largest absolute Gasteiger partial charge is 0.476 e. The van der Waals surface area contributed by atoms with Crippen molar-refractivity contribution in [3.05, 3.63) is 63.3 Å². The van der Waals surface area contributed by atoms with E-state index in [1.807, 2.05) is 6.07 Å². The second kappa shape index (κ2) is 5.32. The first-order chi connectivity index (χ1) is 9.51. The first-order valence-electron chi connectivity index (χ1n) is 5.51. The standard InChI is InChI=1S/C13H8FN3O3/c14-10-2-1-8(6-15)5-9(10)7-17-12(18)4-3-11(16-17)13(19)20/h1-5H,7H2,(H,19,20). The fraction of sp³-hybridized carbons (Fsp3) is 0.0769. The van der Waals surface area contributed by atoms with Crippen molar-refractivity contribution in [2.75, 3.05) is 0 Å². The number of hydrogen-bond acceptors (Lipinski definition) is 4. The van der Waals surface area contributed by atoms with E-state index in [0.717, 1.165) is 22.9 Å². The summed E-state index contributed by atoms with van der Waals surface area (Å²) in [6.07, 6.45) is 0. The summed E-state index contributed by atoms with van der Waals surface area (Å²) in [5.74, 6) is -1.89. The molecule has 0 unspecified atom stereocenters. The molecule has 0 atom stereocenters. The van der Waals surface area contributed by atoms with Crippen LogP contribution < -0.4 is 5.56 Å². The van der Waals surface area contributed by atoms with E-state index in [2.05, 4.69) is 5.10 Å².